The van der Waals surface area contributed by atoms with E-state index < -0.39 is 24.0 Å². The van der Waals surface area contributed by atoms with Crippen molar-refractivity contribution >= 4 is 11.9 Å². The van der Waals surface area contributed by atoms with Crippen LogP contribution in [0.25, 0.3) is 0 Å². The fourth-order valence-corrected chi connectivity index (χ4v) is 2.03. The van der Waals surface area contributed by atoms with E-state index in [0.717, 1.165) is 5.56 Å². The third kappa shape index (κ3) is 5.81. The Kier molecular flexibility index (Phi) is 6.98. The van der Waals surface area contributed by atoms with Gasteiger partial charge in [0.15, 0.2) is 0 Å². The first kappa shape index (κ1) is 18.1. The van der Waals surface area contributed by atoms with Crippen molar-refractivity contribution in [3.63, 3.8) is 0 Å². The molecule has 0 aliphatic rings. The van der Waals surface area contributed by atoms with Crippen LogP contribution in [0.1, 0.15) is 32.3 Å². The third-order valence-corrected chi connectivity index (χ3v) is 3.48. The summed E-state index contributed by atoms with van der Waals surface area (Å²) in [6, 6.07) is 4.46. The van der Waals surface area contributed by atoms with Gasteiger partial charge in [-0.3, -0.25) is 4.79 Å². The molecule has 6 heteroatoms. The molecular weight excluding hydrogens is 287 g/mol. The van der Waals surface area contributed by atoms with Gasteiger partial charge in [0.05, 0.1) is 6.04 Å². The summed E-state index contributed by atoms with van der Waals surface area (Å²) >= 11 is 0. The Balaban J connectivity index is 2.51. The van der Waals surface area contributed by atoms with Crippen LogP contribution < -0.4 is 11.1 Å². The molecule has 22 heavy (non-hydrogen) atoms. The molecule has 1 aromatic rings. The van der Waals surface area contributed by atoms with E-state index >= 15 is 0 Å². The number of hydrogen-bond acceptors (Lipinski definition) is 3. The van der Waals surface area contributed by atoms with E-state index in [1.54, 1.807) is 26.0 Å². The fourth-order valence-electron chi connectivity index (χ4n) is 2.03. The molecule has 2 atom stereocenters. The topological polar surface area (TPSA) is 92.4 Å². The zero-order chi connectivity index (χ0) is 16.7. The number of benzene rings is 1. The monoisotopic (exact) mass is 310 g/mol. The highest BCUT2D eigenvalue weighted by atomic mass is 19.1. The summed E-state index contributed by atoms with van der Waals surface area (Å²) in [5.74, 6) is -1.94. The van der Waals surface area contributed by atoms with E-state index in [9.17, 15) is 14.0 Å². The molecule has 1 rings (SSSR count). The number of carbonyl (C=O) groups excluding carboxylic acids is 1. The molecule has 122 valence electrons. The number of hydrogen-bond donors (Lipinski definition) is 3. The number of nitrogens with one attached hydrogen (secondary N) is 1. The van der Waals surface area contributed by atoms with Gasteiger partial charge in [0, 0.05) is 0 Å². The first-order chi connectivity index (χ1) is 10.3. The average molecular weight is 310 g/mol. The van der Waals surface area contributed by atoms with Gasteiger partial charge in [0.1, 0.15) is 11.9 Å². The van der Waals surface area contributed by atoms with Crippen LogP contribution in [0.2, 0.25) is 0 Å². The fraction of sp³-hybridized carbons (Fsp3) is 0.500. The van der Waals surface area contributed by atoms with E-state index in [1.807, 2.05) is 0 Å². The lowest BCUT2D eigenvalue weighted by molar-refractivity contribution is -0.142. The van der Waals surface area contributed by atoms with Gasteiger partial charge in [-0.1, -0.05) is 26.0 Å². The number of aliphatic carboxylic acids is 1. The SMILES string of the molecule is CC(C)C(N)C(=O)NC(CCCc1cccc(F)c1)C(=O)O. The maximum atomic E-state index is 13.1. The van der Waals surface area contributed by atoms with Crippen molar-refractivity contribution in [2.45, 2.75) is 45.2 Å². The molecule has 0 fully saturated rings. The lowest BCUT2D eigenvalue weighted by Crippen LogP contribution is -2.50. The van der Waals surface area contributed by atoms with Crippen LogP contribution in [0.15, 0.2) is 24.3 Å². The van der Waals surface area contributed by atoms with E-state index in [1.165, 1.54) is 12.1 Å². The van der Waals surface area contributed by atoms with Crippen molar-refractivity contribution in [3.05, 3.63) is 35.6 Å². The van der Waals surface area contributed by atoms with Crippen LogP contribution in [0.3, 0.4) is 0 Å². The molecule has 0 aromatic heterocycles. The zero-order valence-corrected chi connectivity index (χ0v) is 12.9. The van der Waals surface area contributed by atoms with Gasteiger partial charge in [-0.25, -0.2) is 9.18 Å². The second-order valence-electron chi connectivity index (χ2n) is 5.69. The van der Waals surface area contributed by atoms with E-state index in [-0.39, 0.29) is 18.2 Å². The molecule has 0 bridgehead atoms. The van der Waals surface area contributed by atoms with Gasteiger partial charge in [-0.2, -0.15) is 0 Å². The highest BCUT2D eigenvalue weighted by Crippen LogP contribution is 2.09. The Morgan fingerprint density at radius 1 is 1.36 bits per heavy atom. The predicted molar refractivity (Wildman–Crippen MR) is 81.7 cm³/mol. The molecule has 0 heterocycles. The Labute approximate surface area is 129 Å². The summed E-state index contributed by atoms with van der Waals surface area (Å²) < 4.78 is 13.1. The van der Waals surface area contributed by atoms with Gasteiger partial charge in [-0.05, 0) is 42.9 Å². The Morgan fingerprint density at radius 3 is 2.59 bits per heavy atom. The quantitative estimate of drug-likeness (QED) is 0.681. The van der Waals surface area contributed by atoms with Crippen LogP contribution in [0.4, 0.5) is 4.39 Å². The Morgan fingerprint density at radius 2 is 2.05 bits per heavy atom. The Bertz CT molecular complexity index is 520. The Hall–Kier alpha value is -1.95. The maximum Gasteiger partial charge on any atom is 0.326 e. The van der Waals surface area contributed by atoms with Crippen molar-refractivity contribution in [2.24, 2.45) is 11.7 Å². The number of halogens is 1. The molecule has 0 saturated carbocycles. The molecule has 0 aliphatic carbocycles. The second-order valence-corrected chi connectivity index (χ2v) is 5.69. The van der Waals surface area contributed by atoms with Crippen molar-refractivity contribution < 1.29 is 19.1 Å². The molecular formula is C16H23FN2O3. The minimum absolute atomic E-state index is 0.0678. The molecule has 2 unspecified atom stereocenters. The van der Waals surface area contributed by atoms with Crippen molar-refractivity contribution in [3.8, 4) is 0 Å². The third-order valence-electron chi connectivity index (χ3n) is 3.48. The number of rotatable bonds is 8. The second kappa shape index (κ2) is 8.48. The lowest BCUT2D eigenvalue weighted by atomic mass is 10.0. The van der Waals surface area contributed by atoms with Crippen LogP contribution in [0.5, 0.6) is 0 Å². The number of amides is 1. The number of carbonyl (C=O) groups is 2. The predicted octanol–water partition coefficient (Wildman–Crippen LogP) is 1.70. The number of carboxylic acid groups (broad SMARTS) is 1. The first-order valence-corrected chi connectivity index (χ1v) is 7.34. The van der Waals surface area contributed by atoms with Crippen LogP contribution >= 0.6 is 0 Å². The zero-order valence-electron chi connectivity index (χ0n) is 12.9. The average Bonchev–Trinajstić information content (AvgIpc) is 2.45. The molecule has 1 aromatic carbocycles. The molecule has 1 amide bonds. The van der Waals surface area contributed by atoms with Crippen molar-refractivity contribution in [2.75, 3.05) is 0 Å². The maximum absolute atomic E-state index is 13.1. The largest absolute Gasteiger partial charge is 0.480 e. The van der Waals surface area contributed by atoms with E-state index in [0.29, 0.717) is 12.8 Å². The summed E-state index contributed by atoms with van der Waals surface area (Å²) in [4.78, 5) is 23.0. The lowest BCUT2D eigenvalue weighted by Gasteiger charge is -2.19. The minimum atomic E-state index is -1.09. The molecule has 4 N–H and O–H groups in total. The highest BCUT2D eigenvalue weighted by molar-refractivity contribution is 5.86. The first-order valence-electron chi connectivity index (χ1n) is 7.34. The molecule has 0 radical (unpaired) electrons. The number of carboxylic acids is 1. The summed E-state index contributed by atoms with van der Waals surface area (Å²) in [7, 11) is 0. The molecule has 0 spiro atoms. The van der Waals surface area contributed by atoms with Crippen molar-refractivity contribution in [1.29, 1.82) is 0 Å². The summed E-state index contributed by atoms with van der Waals surface area (Å²) in [6.07, 6.45) is 1.34. The van der Waals surface area contributed by atoms with Gasteiger partial charge < -0.3 is 16.2 Å². The number of nitrogens with two attached hydrogens (primary N) is 1. The van der Waals surface area contributed by atoms with Crippen LogP contribution in [0, 0.1) is 11.7 Å². The highest BCUT2D eigenvalue weighted by Gasteiger charge is 2.24. The van der Waals surface area contributed by atoms with Gasteiger partial charge in [-0.15, -0.1) is 0 Å². The molecule has 5 nitrogen and oxygen atoms in total. The van der Waals surface area contributed by atoms with Gasteiger partial charge in [0.2, 0.25) is 5.91 Å². The van der Waals surface area contributed by atoms with Crippen LogP contribution in [-0.4, -0.2) is 29.1 Å². The van der Waals surface area contributed by atoms with E-state index in [2.05, 4.69) is 5.32 Å². The smallest absolute Gasteiger partial charge is 0.326 e. The van der Waals surface area contributed by atoms with Crippen LogP contribution in [-0.2, 0) is 16.0 Å². The van der Waals surface area contributed by atoms with Gasteiger partial charge in [0.25, 0.3) is 0 Å². The van der Waals surface area contributed by atoms with Crippen molar-refractivity contribution in [1.82, 2.24) is 5.32 Å². The summed E-state index contributed by atoms with van der Waals surface area (Å²) in [6.45, 7) is 3.59. The summed E-state index contributed by atoms with van der Waals surface area (Å²) in [5.41, 5.74) is 6.50. The minimum Gasteiger partial charge on any atom is -0.480 e. The van der Waals surface area contributed by atoms with Gasteiger partial charge >= 0.3 is 5.97 Å². The molecule has 0 aliphatic heterocycles. The normalized spacial score (nSPS) is 13.7. The van der Waals surface area contributed by atoms with E-state index in [4.69, 9.17) is 10.8 Å². The molecule has 0 saturated heterocycles. The summed E-state index contributed by atoms with van der Waals surface area (Å²) in [5, 5.41) is 11.6. The number of aryl methyl sites for hydroxylation is 1. The standard InChI is InChI=1S/C16H23FN2O3/c1-10(2)14(18)15(20)19-13(16(21)22)8-4-6-11-5-3-7-12(17)9-11/h3,5,7,9-10,13-14H,4,6,8,18H2,1-2H3,(H,19,20)(H,21,22).